The van der Waals surface area contributed by atoms with Crippen molar-refractivity contribution >= 4 is 22.5 Å². The molecule has 5 nitrogen and oxygen atoms in total. The predicted octanol–water partition coefficient (Wildman–Crippen LogP) is 2.54. The minimum absolute atomic E-state index is 0. The first-order valence-corrected chi connectivity index (χ1v) is 6.15. The third-order valence-corrected chi connectivity index (χ3v) is 2.86. The molecule has 0 bridgehead atoms. The molecule has 0 aliphatic heterocycles. The highest BCUT2D eigenvalue weighted by atomic mass is 35.5. The van der Waals surface area contributed by atoms with E-state index in [9.17, 15) is 8.42 Å². The highest BCUT2D eigenvalue weighted by molar-refractivity contribution is 7.85. The molecule has 96 valence electrons. The van der Waals surface area contributed by atoms with E-state index in [2.05, 4.69) is 4.98 Å². The van der Waals surface area contributed by atoms with Crippen molar-refractivity contribution in [2.75, 3.05) is 0 Å². The minimum Gasteiger partial charge on any atom is -0.456 e. The predicted molar refractivity (Wildman–Crippen MR) is 67.8 cm³/mol. The summed E-state index contributed by atoms with van der Waals surface area (Å²) in [6.45, 7) is 0. The second-order valence-corrected chi connectivity index (χ2v) is 4.66. The number of hydrogen-bond donors (Lipinski definition) is 1. The third-order valence-electron chi connectivity index (χ3n) is 1.99. The van der Waals surface area contributed by atoms with Gasteiger partial charge in [-0.2, -0.15) is 8.42 Å². The Bertz CT molecular complexity index is 599. The van der Waals surface area contributed by atoms with E-state index in [1.165, 1.54) is 30.5 Å². The molecule has 1 N–H and O–H groups in total. The van der Waals surface area contributed by atoms with Crippen LogP contribution in [0.3, 0.4) is 0 Å². The number of halogens is 1. The maximum absolute atomic E-state index is 10.8. The largest absolute Gasteiger partial charge is 0.456 e. The van der Waals surface area contributed by atoms with Crippen LogP contribution in [0.15, 0.2) is 53.7 Å². The van der Waals surface area contributed by atoms with Crippen LogP contribution in [0, 0.1) is 0 Å². The Hall–Kier alpha value is -1.63. The lowest BCUT2D eigenvalue weighted by atomic mass is 10.3. The summed E-state index contributed by atoms with van der Waals surface area (Å²) in [5, 5.41) is 0. The molecule has 0 fully saturated rings. The van der Waals surface area contributed by atoms with Gasteiger partial charge in [-0.3, -0.25) is 9.54 Å². The topological polar surface area (TPSA) is 76.5 Å². The molecule has 2 aromatic rings. The molecule has 0 saturated heterocycles. The van der Waals surface area contributed by atoms with Gasteiger partial charge in [0.05, 0.1) is 11.1 Å². The average Bonchev–Trinajstić information content (AvgIpc) is 2.30. The molecule has 0 saturated carbocycles. The molecule has 1 heterocycles. The fourth-order valence-corrected chi connectivity index (χ4v) is 1.70. The second kappa shape index (κ2) is 5.81. The first-order chi connectivity index (χ1) is 8.05. The van der Waals surface area contributed by atoms with Crippen molar-refractivity contribution in [2.24, 2.45) is 0 Å². The number of benzene rings is 1. The first kappa shape index (κ1) is 14.4. The molecule has 0 spiro atoms. The maximum atomic E-state index is 10.8. The van der Waals surface area contributed by atoms with Crippen molar-refractivity contribution < 1.29 is 17.7 Å². The fraction of sp³-hybridized carbons (Fsp3) is 0. The van der Waals surface area contributed by atoms with E-state index in [0.29, 0.717) is 11.5 Å². The van der Waals surface area contributed by atoms with Gasteiger partial charge < -0.3 is 4.74 Å². The molecular formula is C11H10ClNO4S. The lowest BCUT2D eigenvalue weighted by molar-refractivity contribution is 0.476. The van der Waals surface area contributed by atoms with Crippen LogP contribution in [0.1, 0.15) is 0 Å². The standard InChI is InChI=1S/C11H9NO4S.ClH/c13-17(14,15)11-5-3-9(4-6-11)16-10-2-1-7-12-8-10;/h1-8H,(H,13,14,15);1H. The monoisotopic (exact) mass is 287 g/mol. The smallest absolute Gasteiger partial charge is 0.294 e. The van der Waals surface area contributed by atoms with Gasteiger partial charge in [0.15, 0.2) is 0 Å². The average molecular weight is 288 g/mol. The van der Waals surface area contributed by atoms with E-state index in [1.807, 2.05) is 0 Å². The lowest BCUT2D eigenvalue weighted by Crippen LogP contribution is -1.97. The van der Waals surface area contributed by atoms with Crippen molar-refractivity contribution in [3.8, 4) is 11.5 Å². The van der Waals surface area contributed by atoms with Gasteiger partial charge in [-0.05, 0) is 36.4 Å². The number of pyridine rings is 1. The van der Waals surface area contributed by atoms with Gasteiger partial charge in [0.2, 0.25) is 0 Å². The van der Waals surface area contributed by atoms with Gasteiger partial charge in [0.25, 0.3) is 10.1 Å². The normalized spacial score (nSPS) is 10.5. The van der Waals surface area contributed by atoms with Crippen molar-refractivity contribution in [3.05, 3.63) is 48.8 Å². The SMILES string of the molecule is Cl.O=S(=O)(O)c1ccc(Oc2cccnc2)cc1. The molecule has 0 aliphatic rings. The summed E-state index contributed by atoms with van der Waals surface area (Å²) in [5.74, 6) is 1.01. The summed E-state index contributed by atoms with van der Waals surface area (Å²) in [6.07, 6.45) is 3.16. The summed E-state index contributed by atoms with van der Waals surface area (Å²) in [6, 6.07) is 8.89. The number of aromatic nitrogens is 1. The van der Waals surface area contributed by atoms with Crippen LogP contribution in [0.2, 0.25) is 0 Å². The molecule has 1 aromatic carbocycles. The molecule has 2 rings (SSSR count). The summed E-state index contributed by atoms with van der Waals surface area (Å²) in [7, 11) is -4.16. The Morgan fingerprint density at radius 3 is 2.22 bits per heavy atom. The van der Waals surface area contributed by atoms with Gasteiger partial charge in [-0.1, -0.05) is 0 Å². The van der Waals surface area contributed by atoms with Crippen molar-refractivity contribution in [1.82, 2.24) is 4.98 Å². The highest BCUT2D eigenvalue weighted by Gasteiger charge is 2.08. The van der Waals surface area contributed by atoms with Crippen LogP contribution >= 0.6 is 12.4 Å². The van der Waals surface area contributed by atoms with Crippen LogP contribution in [-0.2, 0) is 10.1 Å². The molecular weight excluding hydrogens is 278 g/mol. The van der Waals surface area contributed by atoms with E-state index in [0.717, 1.165) is 0 Å². The molecule has 1 aromatic heterocycles. The Kier molecular flexibility index (Phi) is 4.66. The Balaban J connectivity index is 0.00000162. The maximum Gasteiger partial charge on any atom is 0.294 e. The van der Waals surface area contributed by atoms with E-state index in [4.69, 9.17) is 9.29 Å². The van der Waals surface area contributed by atoms with Crippen LogP contribution in [0.25, 0.3) is 0 Å². The molecule has 0 unspecified atom stereocenters. The minimum atomic E-state index is -4.16. The third kappa shape index (κ3) is 3.69. The van der Waals surface area contributed by atoms with Crippen molar-refractivity contribution in [2.45, 2.75) is 4.90 Å². The molecule has 7 heteroatoms. The molecule has 0 amide bonds. The lowest BCUT2D eigenvalue weighted by Gasteiger charge is -2.04. The van der Waals surface area contributed by atoms with Crippen LogP contribution in [-0.4, -0.2) is 18.0 Å². The zero-order valence-corrected chi connectivity index (χ0v) is 10.7. The summed E-state index contributed by atoms with van der Waals surface area (Å²) in [4.78, 5) is 3.71. The van der Waals surface area contributed by atoms with Crippen LogP contribution in [0.5, 0.6) is 11.5 Å². The van der Waals surface area contributed by atoms with Crippen molar-refractivity contribution in [3.63, 3.8) is 0 Å². The summed E-state index contributed by atoms with van der Waals surface area (Å²) >= 11 is 0. The Labute approximate surface area is 111 Å². The number of nitrogens with zero attached hydrogens (tertiary/aromatic N) is 1. The molecule has 0 aliphatic carbocycles. The van der Waals surface area contributed by atoms with E-state index < -0.39 is 10.1 Å². The van der Waals surface area contributed by atoms with Crippen LogP contribution < -0.4 is 4.74 Å². The molecule has 0 atom stereocenters. The zero-order chi connectivity index (χ0) is 12.3. The van der Waals surface area contributed by atoms with E-state index in [1.54, 1.807) is 18.3 Å². The van der Waals surface area contributed by atoms with E-state index in [-0.39, 0.29) is 17.3 Å². The molecule has 0 radical (unpaired) electrons. The quantitative estimate of drug-likeness (QED) is 0.878. The highest BCUT2D eigenvalue weighted by Crippen LogP contribution is 2.21. The van der Waals surface area contributed by atoms with Crippen LogP contribution in [0.4, 0.5) is 0 Å². The van der Waals surface area contributed by atoms with Gasteiger partial charge >= 0.3 is 0 Å². The number of ether oxygens (including phenoxy) is 1. The Morgan fingerprint density at radius 1 is 1.06 bits per heavy atom. The van der Waals surface area contributed by atoms with Gasteiger partial charge in [-0.15, -0.1) is 12.4 Å². The Morgan fingerprint density at radius 2 is 1.72 bits per heavy atom. The first-order valence-electron chi connectivity index (χ1n) is 4.71. The van der Waals surface area contributed by atoms with Gasteiger partial charge in [0, 0.05) is 6.20 Å². The number of hydrogen-bond acceptors (Lipinski definition) is 4. The molecule has 18 heavy (non-hydrogen) atoms. The summed E-state index contributed by atoms with van der Waals surface area (Å²) < 4.78 is 35.8. The zero-order valence-electron chi connectivity index (χ0n) is 9.05. The number of rotatable bonds is 3. The second-order valence-electron chi connectivity index (χ2n) is 3.24. The summed E-state index contributed by atoms with van der Waals surface area (Å²) in [5.41, 5.74) is 0. The van der Waals surface area contributed by atoms with Crippen molar-refractivity contribution in [1.29, 1.82) is 0 Å². The van der Waals surface area contributed by atoms with Gasteiger partial charge in [0.1, 0.15) is 11.5 Å². The fourth-order valence-electron chi connectivity index (χ4n) is 1.22. The van der Waals surface area contributed by atoms with E-state index >= 15 is 0 Å². The van der Waals surface area contributed by atoms with Gasteiger partial charge in [-0.25, -0.2) is 0 Å².